The molecule has 0 aromatic rings. The molecule has 0 saturated carbocycles. The third kappa shape index (κ3) is 76.1. The zero-order valence-corrected chi connectivity index (χ0v) is 6.83. The topological polar surface area (TPSA) is 74.6 Å². The van der Waals surface area contributed by atoms with Gasteiger partial charge >= 0.3 is 59.0 Å². The van der Waals surface area contributed by atoms with Crippen molar-refractivity contribution in [2.45, 2.75) is 0 Å². The van der Waals surface area contributed by atoms with Crippen molar-refractivity contribution in [1.29, 1.82) is 0 Å². The maximum Gasteiger partial charge on any atom is 1.00 e. The van der Waals surface area contributed by atoms with Crippen molar-refractivity contribution in [3.63, 3.8) is 0 Å². The van der Waals surface area contributed by atoms with Gasteiger partial charge in [-0.1, -0.05) is 0 Å². The van der Waals surface area contributed by atoms with E-state index in [-0.39, 0.29) is 31.0 Å². The number of rotatable bonds is 0. The van der Waals surface area contributed by atoms with E-state index in [1.54, 1.807) is 0 Å². The molecule has 0 aliphatic heterocycles. The normalized spacial score (nSPS) is 9.67. The Labute approximate surface area is 60.2 Å². The van der Waals surface area contributed by atoms with Gasteiger partial charge in [-0.3, -0.25) is 0 Å². The Hall–Kier alpha value is 1.04. The molecule has 6 heavy (non-hydrogen) atoms. The average molecular weight is 169 g/mol. The maximum atomic E-state index is 8.82. The molecule has 0 radical (unpaired) electrons. The number of hydrogen-bond acceptors (Lipinski definition) is 2. The van der Waals surface area contributed by atoms with Crippen LogP contribution in [0.2, 0.25) is 0 Å². The van der Waals surface area contributed by atoms with Gasteiger partial charge in [-0.2, -0.15) is 0 Å². The van der Waals surface area contributed by atoms with Gasteiger partial charge in [0.25, 0.3) is 0 Å². The van der Waals surface area contributed by atoms with Crippen molar-refractivity contribution >= 4 is 13.4 Å². The predicted molar refractivity (Wildman–Crippen MR) is 12.7 cm³/mol. The molecular formula is H3NaO4Se. The minimum absolute atomic E-state index is 0. The van der Waals surface area contributed by atoms with E-state index in [0.717, 1.165) is 0 Å². The quantitative estimate of drug-likeness (QED) is 0.358. The van der Waals surface area contributed by atoms with Gasteiger partial charge in [0.1, 0.15) is 0 Å². The van der Waals surface area contributed by atoms with Crippen LogP contribution in [-0.2, 0) is 7.67 Å². The van der Waals surface area contributed by atoms with Crippen LogP contribution in [0.25, 0.3) is 0 Å². The first-order valence-electron chi connectivity index (χ1n) is 0.698. The standard InChI is InChI=1S/Na.H2O4Se.H/c;1-5(2,3)4;/h;(H2,1,2,3,4);/q+1;;-1. The summed E-state index contributed by atoms with van der Waals surface area (Å²) in [7, 11) is 0. The first-order chi connectivity index (χ1) is 2.00. The van der Waals surface area contributed by atoms with Crippen LogP contribution in [0.1, 0.15) is 1.43 Å². The van der Waals surface area contributed by atoms with Crippen LogP contribution >= 0.6 is 0 Å². The second-order valence-corrected chi connectivity index (χ2v) is 2.33. The van der Waals surface area contributed by atoms with E-state index in [2.05, 4.69) is 0 Å². The summed E-state index contributed by atoms with van der Waals surface area (Å²) in [6, 6.07) is 0. The van der Waals surface area contributed by atoms with E-state index >= 15 is 0 Å². The Morgan fingerprint density at radius 2 is 1.33 bits per heavy atom. The fourth-order valence-electron chi connectivity index (χ4n) is 0. The summed E-state index contributed by atoms with van der Waals surface area (Å²) in [4.78, 5) is 0. The minimum Gasteiger partial charge on any atom is -1.00 e. The van der Waals surface area contributed by atoms with Crippen molar-refractivity contribution in [2.24, 2.45) is 0 Å². The molecular weight excluding hydrogens is 166 g/mol. The third-order valence-corrected chi connectivity index (χ3v) is 0. The monoisotopic (exact) mass is 170 g/mol. The van der Waals surface area contributed by atoms with E-state index in [0.29, 0.717) is 0 Å². The summed E-state index contributed by atoms with van der Waals surface area (Å²) < 4.78 is 31.9. The van der Waals surface area contributed by atoms with Crippen LogP contribution in [0.4, 0.5) is 0 Å². The molecule has 4 nitrogen and oxygen atoms in total. The first-order valence-corrected chi connectivity index (χ1v) is 3.63. The van der Waals surface area contributed by atoms with Gasteiger partial charge in [-0.15, -0.1) is 0 Å². The van der Waals surface area contributed by atoms with Crippen LogP contribution in [0.15, 0.2) is 0 Å². The molecule has 0 saturated heterocycles. The summed E-state index contributed by atoms with van der Waals surface area (Å²) in [5.74, 6) is 0. The van der Waals surface area contributed by atoms with Crippen LogP contribution < -0.4 is 29.6 Å². The molecule has 2 N–H and O–H groups in total. The molecule has 0 unspecified atom stereocenters. The van der Waals surface area contributed by atoms with Crippen molar-refractivity contribution in [3.05, 3.63) is 0 Å². The molecule has 0 bridgehead atoms. The van der Waals surface area contributed by atoms with Crippen LogP contribution in [-0.4, -0.2) is 21.7 Å². The Bertz CT molecular complexity index is 94.9. The minimum atomic E-state index is -5.25. The largest absolute Gasteiger partial charge is 1.00 e. The Morgan fingerprint density at radius 1 is 1.33 bits per heavy atom. The molecule has 34 valence electrons. The van der Waals surface area contributed by atoms with Gasteiger partial charge < -0.3 is 1.43 Å². The smallest absolute Gasteiger partial charge is 1.00 e. The fraction of sp³-hybridized carbons (Fsp3) is 0. The molecule has 6 heteroatoms. The van der Waals surface area contributed by atoms with Crippen LogP contribution in [0.3, 0.4) is 0 Å². The Kier molecular flexibility index (Phi) is 5.22. The summed E-state index contributed by atoms with van der Waals surface area (Å²) in [6.07, 6.45) is 0. The van der Waals surface area contributed by atoms with E-state index in [1.165, 1.54) is 0 Å². The van der Waals surface area contributed by atoms with Crippen LogP contribution in [0, 0.1) is 0 Å². The molecule has 0 atom stereocenters. The molecule has 0 aliphatic carbocycles. The van der Waals surface area contributed by atoms with Gasteiger partial charge in [0.05, 0.1) is 0 Å². The van der Waals surface area contributed by atoms with Gasteiger partial charge in [-0.25, -0.2) is 0 Å². The molecule has 0 fully saturated rings. The van der Waals surface area contributed by atoms with E-state index < -0.39 is 13.4 Å². The maximum absolute atomic E-state index is 8.82. The molecule has 0 aromatic heterocycles. The molecule has 0 aliphatic rings. The van der Waals surface area contributed by atoms with Crippen molar-refractivity contribution < 1.29 is 47.0 Å². The summed E-state index contributed by atoms with van der Waals surface area (Å²) in [6.45, 7) is 0. The zero-order valence-electron chi connectivity index (χ0n) is 4.12. The van der Waals surface area contributed by atoms with Gasteiger partial charge in [0.2, 0.25) is 0 Å². The summed E-state index contributed by atoms with van der Waals surface area (Å²) >= 11 is -5.25. The van der Waals surface area contributed by atoms with Crippen molar-refractivity contribution in [3.8, 4) is 0 Å². The van der Waals surface area contributed by atoms with Crippen molar-refractivity contribution in [2.75, 3.05) is 0 Å². The molecule has 0 spiro atoms. The number of hydrogen-bond donors (Lipinski definition) is 2. The molecule has 0 rings (SSSR count). The predicted octanol–water partition coefficient (Wildman–Crippen LogP) is -4.62. The third-order valence-electron chi connectivity index (χ3n) is 0. The van der Waals surface area contributed by atoms with Gasteiger partial charge in [-0.05, 0) is 0 Å². The SMILES string of the molecule is O=[Se](=O)(O)O.[H-].[Na+]. The molecule has 0 amide bonds. The zero-order chi connectivity index (χ0) is 4.50. The van der Waals surface area contributed by atoms with E-state index in [4.69, 9.17) is 16.0 Å². The average Bonchev–Trinajstić information content (AvgIpc) is 0.722. The second kappa shape index (κ2) is 3.10. The van der Waals surface area contributed by atoms with Crippen molar-refractivity contribution in [1.82, 2.24) is 0 Å². The molecule has 0 heterocycles. The van der Waals surface area contributed by atoms with E-state index in [1.807, 2.05) is 0 Å². The summed E-state index contributed by atoms with van der Waals surface area (Å²) in [5, 5.41) is 0. The van der Waals surface area contributed by atoms with Gasteiger partial charge in [0.15, 0.2) is 0 Å². The Morgan fingerprint density at radius 3 is 1.33 bits per heavy atom. The summed E-state index contributed by atoms with van der Waals surface area (Å²) in [5.41, 5.74) is 0. The van der Waals surface area contributed by atoms with Gasteiger partial charge in [0, 0.05) is 0 Å². The second-order valence-electron chi connectivity index (χ2n) is 0.448. The Balaban J connectivity index is -0.0000000800. The van der Waals surface area contributed by atoms with E-state index in [9.17, 15) is 0 Å². The first kappa shape index (κ1) is 10.1. The molecule has 0 aromatic carbocycles. The van der Waals surface area contributed by atoms with Crippen LogP contribution in [0.5, 0.6) is 0 Å². The fourth-order valence-corrected chi connectivity index (χ4v) is 0.